The molecule has 0 aliphatic heterocycles. The number of aliphatic hydroxyl groups excluding tert-OH is 4. The molecule has 4 heteroatoms. The van der Waals surface area contributed by atoms with Crippen LogP contribution >= 0.6 is 0 Å². The third kappa shape index (κ3) is 4.04. The van der Waals surface area contributed by atoms with Crippen LogP contribution in [0.1, 0.15) is 26.7 Å². The van der Waals surface area contributed by atoms with Gasteiger partial charge in [0.2, 0.25) is 0 Å². The van der Waals surface area contributed by atoms with E-state index in [1.165, 1.54) is 0 Å². The average Bonchev–Trinajstić information content (AvgIpc) is 2.14. The molecule has 0 aliphatic rings. The first-order chi connectivity index (χ1) is 6.04. The second kappa shape index (κ2) is 6.32. The summed E-state index contributed by atoms with van der Waals surface area (Å²) in [6.45, 7) is 3.11. The molecular weight excluding hydrogens is 172 g/mol. The molecule has 4 nitrogen and oxygen atoms in total. The highest BCUT2D eigenvalue weighted by molar-refractivity contribution is 4.77. The van der Waals surface area contributed by atoms with Crippen molar-refractivity contribution in [3.63, 3.8) is 0 Å². The summed E-state index contributed by atoms with van der Waals surface area (Å²) in [5.41, 5.74) is 0. The van der Waals surface area contributed by atoms with Crippen LogP contribution in [0.4, 0.5) is 0 Å². The van der Waals surface area contributed by atoms with Gasteiger partial charge in [0.15, 0.2) is 0 Å². The van der Waals surface area contributed by atoms with Crippen LogP contribution in [-0.4, -0.2) is 45.3 Å². The first-order valence-electron chi connectivity index (χ1n) is 4.69. The quantitative estimate of drug-likeness (QED) is 0.457. The van der Waals surface area contributed by atoms with Crippen molar-refractivity contribution in [3.8, 4) is 0 Å². The molecule has 0 bridgehead atoms. The van der Waals surface area contributed by atoms with E-state index in [0.29, 0.717) is 6.42 Å². The normalized spacial score (nSPS) is 20.8. The smallest absolute Gasteiger partial charge is 0.103 e. The summed E-state index contributed by atoms with van der Waals surface area (Å²) in [6, 6.07) is 0. The molecule has 0 aromatic rings. The lowest BCUT2D eigenvalue weighted by atomic mass is 9.92. The van der Waals surface area contributed by atoms with E-state index in [1.54, 1.807) is 6.92 Å². The van der Waals surface area contributed by atoms with Crippen LogP contribution in [0.5, 0.6) is 0 Å². The highest BCUT2D eigenvalue weighted by atomic mass is 16.4. The largest absolute Gasteiger partial charge is 0.394 e. The molecule has 0 aromatic heterocycles. The van der Waals surface area contributed by atoms with Gasteiger partial charge in [0.25, 0.3) is 0 Å². The van der Waals surface area contributed by atoms with Crippen LogP contribution in [0.2, 0.25) is 0 Å². The Morgan fingerprint density at radius 3 is 2.00 bits per heavy atom. The molecule has 0 aromatic carbocycles. The Labute approximate surface area is 78.8 Å². The zero-order valence-electron chi connectivity index (χ0n) is 8.22. The van der Waals surface area contributed by atoms with Gasteiger partial charge in [-0.25, -0.2) is 0 Å². The van der Waals surface area contributed by atoms with Gasteiger partial charge in [-0.2, -0.15) is 0 Å². The van der Waals surface area contributed by atoms with Gasteiger partial charge in [-0.1, -0.05) is 20.3 Å². The van der Waals surface area contributed by atoms with Crippen molar-refractivity contribution >= 4 is 0 Å². The molecule has 0 saturated heterocycles. The maximum absolute atomic E-state index is 9.48. The van der Waals surface area contributed by atoms with Crippen molar-refractivity contribution in [3.05, 3.63) is 0 Å². The third-order valence-electron chi connectivity index (χ3n) is 2.31. The van der Waals surface area contributed by atoms with Crippen molar-refractivity contribution in [2.45, 2.75) is 45.0 Å². The van der Waals surface area contributed by atoms with Crippen molar-refractivity contribution < 1.29 is 20.4 Å². The lowest BCUT2D eigenvalue weighted by Crippen LogP contribution is -2.40. The summed E-state index contributed by atoms with van der Waals surface area (Å²) in [5.74, 6) is -0.415. The second-order valence-electron chi connectivity index (χ2n) is 3.46. The Morgan fingerprint density at radius 2 is 1.62 bits per heavy atom. The molecular formula is C9H20O4. The minimum absolute atomic E-state index is 0.415. The van der Waals surface area contributed by atoms with Crippen LogP contribution in [0, 0.1) is 5.92 Å². The van der Waals surface area contributed by atoms with Gasteiger partial charge < -0.3 is 20.4 Å². The third-order valence-corrected chi connectivity index (χ3v) is 2.31. The highest BCUT2D eigenvalue weighted by Gasteiger charge is 2.27. The number of aliphatic hydroxyl groups is 4. The van der Waals surface area contributed by atoms with Gasteiger partial charge in [0.1, 0.15) is 6.10 Å². The van der Waals surface area contributed by atoms with Crippen molar-refractivity contribution in [1.29, 1.82) is 0 Å². The number of hydrogen-bond acceptors (Lipinski definition) is 4. The van der Waals surface area contributed by atoms with Crippen LogP contribution in [-0.2, 0) is 0 Å². The Hall–Kier alpha value is -0.160. The molecule has 0 aliphatic carbocycles. The number of rotatable bonds is 6. The summed E-state index contributed by atoms with van der Waals surface area (Å²) < 4.78 is 0. The summed E-state index contributed by atoms with van der Waals surface area (Å²) in [6.07, 6.45) is -1.43. The monoisotopic (exact) mass is 192 g/mol. The van der Waals surface area contributed by atoms with Crippen LogP contribution in [0.15, 0.2) is 0 Å². The van der Waals surface area contributed by atoms with Gasteiger partial charge in [-0.3, -0.25) is 0 Å². The zero-order chi connectivity index (χ0) is 10.4. The van der Waals surface area contributed by atoms with Crippen molar-refractivity contribution in [2.24, 2.45) is 5.92 Å². The molecule has 0 amide bonds. The average molecular weight is 192 g/mol. The van der Waals surface area contributed by atoms with Crippen molar-refractivity contribution in [1.82, 2.24) is 0 Å². The van der Waals surface area contributed by atoms with Gasteiger partial charge in [-0.05, 0) is 6.42 Å². The first kappa shape index (κ1) is 12.8. The summed E-state index contributed by atoms with van der Waals surface area (Å²) in [5, 5.41) is 36.6. The second-order valence-corrected chi connectivity index (χ2v) is 3.46. The molecule has 13 heavy (non-hydrogen) atoms. The molecule has 0 saturated carbocycles. The molecule has 0 radical (unpaired) electrons. The minimum Gasteiger partial charge on any atom is -0.394 e. The zero-order valence-corrected chi connectivity index (χ0v) is 8.22. The molecule has 4 N–H and O–H groups in total. The minimum atomic E-state index is -1.17. The predicted octanol–water partition coefficient (Wildman–Crippen LogP) is -0.502. The van der Waals surface area contributed by atoms with Gasteiger partial charge >= 0.3 is 0 Å². The van der Waals surface area contributed by atoms with Gasteiger partial charge in [-0.15, -0.1) is 0 Å². The Bertz CT molecular complexity index is 129. The Kier molecular flexibility index (Phi) is 6.24. The topological polar surface area (TPSA) is 80.9 Å². The van der Waals surface area contributed by atoms with Crippen LogP contribution in [0.25, 0.3) is 0 Å². The van der Waals surface area contributed by atoms with E-state index in [1.807, 2.05) is 6.92 Å². The predicted molar refractivity (Wildman–Crippen MR) is 49.2 cm³/mol. The Balaban J connectivity index is 3.99. The van der Waals surface area contributed by atoms with Gasteiger partial charge in [0, 0.05) is 5.92 Å². The molecule has 0 rings (SSSR count). The molecule has 0 fully saturated rings. The molecule has 0 heterocycles. The first-order valence-corrected chi connectivity index (χ1v) is 4.69. The highest BCUT2D eigenvalue weighted by Crippen LogP contribution is 2.15. The van der Waals surface area contributed by atoms with Gasteiger partial charge in [0.05, 0.1) is 18.8 Å². The van der Waals surface area contributed by atoms with E-state index >= 15 is 0 Å². The maximum atomic E-state index is 9.48. The fourth-order valence-corrected chi connectivity index (χ4v) is 1.24. The van der Waals surface area contributed by atoms with Crippen LogP contribution in [0.3, 0.4) is 0 Å². The van der Waals surface area contributed by atoms with Crippen LogP contribution < -0.4 is 0 Å². The molecule has 0 unspecified atom stereocenters. The molecule has 80 valence electrons. The lowest BCUT2D eigenvalue weighted by Gasteiger charge is -2.26. The summed E-state index contributed by atoms with van der Waals surface area (Å²) >= 11 is 0. The summed E-state index contributed by atoms with van der Waals surface area (Å²) in [7, 11) is 0. The molecule has 4 atom stereocenters. The standard InChI is InChI=1S/C9H20O4/c1-3-4-7(11)6(2)9(13)8(12)5-10/h6-13H,3-5H2,1-2H3/t6-,7+,8-,9+/m1/s1. The summed E-state index contributed by atoms with van der Waals surface area (Å²) in [4.78, 5) is 0. The Morgan fingerprint density at radius 1 is 1.08 bits per heavy atom. The van der Waals surface area contributed by atoms with E-state index in [4.69, 9.17) is 10.2 Å². The van der Waals surface area contributed by atoms with Crippen molar-refractivity contribution in [2.75, 3.05) is 6.61 Å². The fraction of sp³-hybridized carbons (Fsp3) is 1.00. The van der Waals surface area contributed by atoms with E-state index < -0.39 is 30.8 Å². The maximum Gasteiger partial charge on any atom is 0.103 e. The van der Waals surface area contributed by atoms with E-state index in [-0.39, 0.29) is 0 Å². The molecule has 0 spiro atoms. The van der Waals surface area contributed by atoms with E-state index in [0.717, 1.165) is 6.42 Å². The fourth-order valence-electron chi connectivity index (χ4n) is 1.24. The van der Waals surface area contributed by atoms with E-state index in [2.05, 4.69) is 0 Å². The SMILES string of the molecule is CCC[C@H](O)[C@@H](C)[C@H](O)[C@H](O)CO. The van der Waals surface area contributed by atoms with E-state index in [9.17, 15) is 10.2 Å². The lowest BCUT2D eigenvalue weighted by molar-refractivity contribution is -0.0702. The number of hydrogen-bond donors (Lipinski definition) is 4.